The molecule has 12 N–H and O–H groups in total. The van der Waals surface area contributed by atoms with Crippen LogP contribution in [0.3, 0.4) is 0 Å². The van der Waals surface area contributed by atoms with Gasteiger partial charge in [-0.3, -0.25) is 19.2 Å². The van der Waals surface area contributed by atoms with E-state index in [4.69, 9.17) is 43.4 Å². The number of rotatable bonds is 12. The Morgan fingerprint density at radius 2 is 0.925 bits per heavy atom. The third-order valence-corrected chi connectivity index (χ3v) is 7.07. The van der Waals surface area contributed by atoms with Gasteiger partial charge in [0.25, 0.3) is 0 Å². The van der Waals surface area contributed by atoms with Gasteiger partial charge < -0.3 is 43.4 Å². The number of carboxylic acid groups (broad SMARTS) is 4. The van der Waals surface area contributed by atoms with Gasteiger partial charge in [-0.1, -0.05) is 54.6 Å². The molecule has 16 heteroatoms. The maximum absolute atomic E-state index is 13.0. The molecule has 0 aliphatic rings. The second-order valence-electron chi connectivity index (χ2n) is 11.5. The molecule has 0 aromatic heterocycles. The number of hydrogen-bond acceptors (Lipinski definition) is 8. The minimum Gasteiger partial charge on any atom is -0.480 e. The summed E-state index contributed by atoms with van der Waals surface area (Å²) in [7, 11) is 0. The van der Waals surface area contributed by atoms with E-state index in [1.54, 1.807) is 37.3 Å². The van der Waals surface area contributed by atoms with Crippen LogP contribution in [0.4, 0.5) is 17.6 Å². The maximum atomic E-state index is 13.0. The van der Waals surface area contributed by atoms with E-state index < -0.39 is 53.9 Å². The number of benzene rings is 4. The number of carbonyl (C=O) groups is 4. The number of aryl methyl sites for hydroxylation is 1. The van der Waals surface area contributed by atoms with Crippen LogP contribution in [0.2, 0.25) is 0 Å². The van der Waals surface area contributed by atoms with Crippen LogP contribution in [-0.4, -0.2) is 68.5 Å². The lowest BCUT2D eigenvalue weighted by Crippen LogP contribution is -2.32. The first kappa shape index (κ1) is 45.3. The lowest BCUT2D eigenvalue weighted by Gasteiger charge is -2.06. The van der Waals surface area contributed by atoms with E-state index in [1.165, 1.54) is 60.7 Å². The largest absolute Gasteiger partial charge is 0.480 e. The molecule has 0 amide bonds. The molecule has 0 saturated heterocycles. The molecule has 286 valence electrons. The predicted molar refractivity (Wildman–Crippen MR) is 188 cm³/mol. The van der Waals surface area contributed by atoms with Crippen molar-refractivity contribution in [2.45, 2.75) is 56.8 Å². The van der Waals surface area contributed by atoms with E-state index in [1.807, 2.05) is 0 Å². The van der Waals surface area contributed by atoms with Crippen LogP contribution in [0.15, 0.2) is 91.0 Å². The molecule has 53 heavy (non-hydrogen) atoms. The van der Waals surface area contributed by atoms with Gasteiger partial charge in [0, 0.05) is 6.42 Å². The van der Waals surface area contributed by atoms with E-state index in [2.05, 4.69) is 0 Å². The van der Waals surface area contributed by atoms with Crippen LogP contribution in [0.25, 0.3) is 0 Å². The third-order valence-electron chi connectivity index (χ3n) is 7.07. The summed E-state index contributed by atoms with van der Waals surface area (Å²) in [6.07, 6.45) is 0.525. The van der Waals surface area contributed by atoms with Crippen molar-refractivity contribution in [1.29, 1.82) is 0 Å². The van der Waals surface area contributed by atoms with Gasteiger partial charge >= 0.3 is 23.9 Å². The number of hydrogen-bond donors (Lipinski definition) is 8. The first-order chi connectivity index (χ1) is 24.8. The fraction of sp³-hybridized carbons (Fsp3) is 0.243. The second-order valence-corrected chi connectivity index (χ2v) is 11.5. The van der Waals surface area contributed by atoms with Gasteiger partial charge in [-0.2, -0.15) is 0 Å². The first-order valence-electron chi connectivity index (χ1n) is 15.7. The van der Waals surface area contributed by atoms with Crippen molar-refractivity contribution in [1.82, 2.24) is 0 Å². The number of nitrogens with two attached hydrogens (primary N) is 4. The van der Waals surface area contributed by atoms with E-state index in [9.17, 15) is 36.7 Å². The van der Waals surface area contributed by atoms with Gasteiger partial charge in [-0.05, 0) is 90.4 Å². The predicted octanol–water partition coefficient (Wildman–Crippen LogP) is 3.43. The van der Waals surface area contributed by atoms with Gasteiger partial charge in [-0.15, -0.1) is 0 Å². The van der Waals surface area contributed by atoms with Crippen LogP contribution in [0.5, 0.6) is 0 Å². The zero-order valence-corrected chi connectivity index (χ0v) is 28.5. The Morgan fingerprint density at radius 1 is 0.491 bits per heavy atom. The standard InChI is InChI=1S/C10H12FNO2.3C9H10FNO2/c1-6-2-3-7(4-8(6)11)5-9(12)10(13)14;10-7-3-1-6(2-4-7)5-8(11)9(12)13;10-7-3-1-2-6(4-7)5-8(11)9(12)13;10-7-4-2-1-3-6(7)5-8(11)9(12)13/h2-4,9H,5,12H2,1H3,(H,13,14);3*1-4,8H,5,11H2,(H,12,13). The van der Waals surface area contributed by atoms with Gasteiger partial charge in [-0.25, -0.2) is 17.6 Å². The zero-order valence-electron chi connectivity index (χ0n) is 28.5. The fourth-order valence-electron chi connectivity index (χ4n) is 4.06. The molecule has 4 atom stereocenters. The molecule has 4 aromatic carbocycles. The molecule has 4 unspecified atom stereocenters. The summed E-state index contributed by atoms with van der Waals surface area (Å²) < 4.78 is 51.1. The van der Waals surface area contributed by atoms with Crippen molar-refractivity contribution in [3.8, 4) is 0 Å². The SMILES string of the molecule is Cc1ccc(CC(N)C(=O)O)cc1F.NC(Cc1ccc(F)cc1)C(=O)O.NC(Cc1cccc(F)c1)C(=O)O.NC(Cc1ccccc1F)C(=O)O. The minimum atomic E-state index is -1.12. The van der Waals surface area contributed by atoms with Crippen molar-refractivity contribution in [3.63, 3.8) is 0 Å². The molecule has 0 saturated carbocycles. The summed E-state index contributed by atoms with van der Waals surface area (Å²) >= 11 is 0. The molecular weight excluding hydrogens is 704 g/mol. The average Bonchev–Trinajstić information content (AvgIpc) is 3.09. The maximum Gasteiger partial charge on any atom is 0.320 e. The summed E-state index contributed by atoms with van der Waals surface area (Å²) in [5.41, 5.74) is 23.9. The van der Waals surface area contributed by atoms with Crippen molar-refractivity contribution in [3.05, 3.63) is 142 Å². The Kier molecular flexibility index (Phi) is 19.7. The van der Waals surface area contributed by atoms with Gasteiger partial charge in [0.1, 0.15) is 47.4 Å². The van der Waals surface area contributed by atoms with Crippen LogP contribution in [-0.2, 0) is 44.9 Å². The number of halogens is 4. The Hall–Kier alpha value is -5.68. The molecule has 0 fully saturated rings. The Bertz CT molecular complexity index is 1800. The van der Waals surface area contributed by atoms with Crippen LogP contribution in [0, 0.1) is 30.2 Å². The molecule has 4 rings (SSSR count). The minimum absolute atomic E-state index is 0.0159. The van der Waals surface area contributed by atoms with Crippen molar-refractivity contribution >= 4 is 23.9 Å². The second kappa shape index (κ2) is 23.0. The third kappa shape index (κ3) is 18.4. The highest BCUT2D eigenvalue weighted by Gasteiger charge is 2.15. The van der Waals surface area contributed by atoms with E-state index in [0.717, 1.165) is 5.56 Å². The monoisotopic (exact) mass is 746 g/mol. The lowest BCUT2D eigenvalue weighted by atomic mass is 10.0. The van der Waals surface area contributed by atoms with Gasteiger partial charge in [0.15, 0.2) is 0 Å². The molecule has 0 bridgehead atoms. The highest BCUT2D eigenvalue weighted by atomic mass is 19.1. The highest BCUT2D eigenvalue weighted by molar-refractivity contribution is 5.74. The van der Waals surface area contributed by atoms with Crippen LogP contribution < -0.4 is 22.9 Å². The fourth-order valence-corrected chi connectivity index (χ4v) is 4.06. The molecule has 0 spiro atoms. The first-order valence-corrected chi connectivity index (χ1v) is 15.7. The van der Waals surface area contributed by atoms with E-state index >= 15 is 0 Å². The van der Waals surface area contributed by atoms with E-state index in [-0.39, 0.29) is 43.1 Å². The molecule has 12 nitrogen and oxygen atoms in total. The zero-order chi connectivity index (χ0) is 40.2. The topological polar surface area (TPSA) is 253 Å². The Balaban J connectivity index is 0.000000354. The van der Waals surface area contributed by atoms with Crippen LogP contribution >= 0.6 is 0 Å². The van der Waals surface area contributed by atoms with E-state index in [0.29, 0.717) is 22.3 Å². The summed E-state index contributed by atoms with van der Waals surface area (Å²) in [6, 6.07) is 18.1. The van der Waals surface area contributed by atoms with Crippen molar-refractivity contribution < 1.29 is 57.2 Å². The summed E-state index contributed by atoms with van der Waals surface area (Å²) in [5, 5.41) is 34.0. The van der Waals surface area contributed by atoms with Gasteiger partial charge in [0.2, 0.25) is 0 Å². The Morgan fingerprint density at radius 3 is 1.38 bits per heavy atom. The van der Waals surface area contributed by atoms with Gasteiger partial charge in [0.05, 0.1) is 0 Å². The number of aliphatic carboxylic acids is 4. The van der Waals surface area contributed by atoms with Crippen molar-refractivity contribution in [2.75, 3.05) is 0 Å². The summed E-state index contributed by atoms with van der Waals surface area (Å²) in [4.78, 5) is 41.5. The molecule has 4 aromatic rings. The summed E-state index contributed by atoms with van der Waals surface area (Å²) in [5.74, 6) is -5.80. The normalized spacial score (nSPS) is 12.5. The summed E-state index contributed by atoms with van der Waals surface area (Å²) in [6.45, 7) is 1.65. The molecular formula is C37H42F4N4O8. The average molecular weight is 747 g/mol. The smallest absolute Gasteiger partial charge is 0.320 e. The van der Waals surface area contributed by atoms with Crippen LogP contribution in [0.1, 0.15) is 27.8 Å². The van der Waals surface area contributed by atoms with Crippen molar-refractivity contribution in [2.24, 2.45) is 22.9 Å². The highest BCUT2D eigenvalue weighted by Crippen LogP contribution is 2.11. The molecule has 0 heterocycles. The Labute approximate surface area is 302 Å². The quantitative estimate of drug-likeness (QED) is 0.0971. The lowest BCUT2D eigenvalue weighted by molar-refractivity contribution is -0.139. The molecule has 0 aliphatic carbocycles. The molecule has 0 radical (unpaired) electrons. The number of carboxylic acids is 4. The molecule has 0 aliphatic heterocycles.